The largest absolute Gasteiger partial charge is 0.326 e. The number of nitrogens with two attached hydrogens (primary N) is 1. The standard InChI is InChI=1S/C6H8BrN3O2/c1-2(8)4-3(7)5(11)10-6(12)9-4/h2H,8H2,1H3,(H2,9,10,11,12)/t2-/m0/s1. The van der Waals surface area contributed by atoms with E-state index in [1.807, 2.05) is 0 Å². The number of hydrogen-bond acceptors (Lipinski definition) is 3. The predicted octanol–water partition coefficient (Wildman–Crippen LogP) is -0.155. The van der Waals surface area contributed by atoms with Crippen LogP contribution in [-0.2, 0) is 0 Å². The van der Waals surface area contributed by atoms with Crippen molar-refractivity contribution in [1.29, 1.82) is 0 Å². The molecule has 0 spiro atoms. The summed E-state index contributed by atoms with van der Waals surface area (Å²) in [5.41, 5.74) is 4.89. The zero-order chi connectivity index (χ0) is 9.30. The first-order chi connectivity index (χ1) is 5.52. The van der Waals surface area contributed by atoms with Crippen molar-refractivity contribution in [2.24, 2.45) is 5.73 Å². The fourth-order valence-electron chi connectivity index (χ4n) is 0.802. The fraction of sp³-hybridized carbons (Fsp3) is 0.333. The molecule has 0 saturated carbocycles. The van der Waals surface area contributed by atoms with E-state index in [4.69, 9.17) is 5.73 Å². The van der Waals surface area contributed by atoms with Gasteiger partial charge in [0.25, 0.3) is 5.56 Å². The van der Waals surface area contributed by atoms with Crippen molar-refractivity contribution < 1.29 is 0 Å². The van der Waals surface area contributed by atoms with Gasteiger partial charge in [-0.05, 0) is 22.9 Å². The summed E-state index contributed by atoms with van der Waals surface area (Å²) in [6, 6.07) is -0.380. The van der Waals surface area contributed by atoms with Crippen LogP contribution in [0.2, 0.25) is 0 Å². The summed E-state index contributed by atoms with van der Waals surface area (Å²) in [5, 5.41) is 0. The number of hydrogen-bond donors (Lipinski definition) is 3. The smallest absolute Gasteiger partial charge is 0.323 e. The summed E-state index contributed by atoms with van der Waals surface area (Å²) in [6.07, 6.45) is 0. The molecule has 1 atom stereocenters. The van der Waals surface area contributed by atoms with Crippen LogP contribution < -0.4 is 17.0 Å². The number of rotatable bonds is 1. The summed E-state index contributed by atoms with van der Waals surface area (Å²) in [6.45, 7) is 1.68. The van der Waals surface area contributed by atoms with Crippen LogP contribution in [0.5, 0.6) is 0 Å². The van der Waals surface area contributed by atoms with E-state index in [0.29, 0.717) is 5.69 Å². The Morgan fingerprint density at radius 1 is 1.42 bits per heavy atom. The molecule has 66 valence electrons. The minimum absolute atomic E-state index is 0.275. The first-order valence-electron chi connectivity index (χ1n) is 3.30. The summed E-state index contributed by atoms with van der Waals surface area (Å²) in [7, 11) is 0. The van der Waals surface area contributed by atoms with Crippen LogP contribution in [-0.4, -0.2) is 9.97 Å². The van der Waals surface area contributed by atoms with Gasteiger partial charge in [-0.2, -0.15) is 0 Å². The minimum Gasteiger partial charge on any atom is -0.323 e. The van der Waals surface area contributed by atoms with Crippen LogP contribution in [0, 0.1) is 0 Å². The maximum absolute atomic E-state index is 11.0. The summed E-state index contributed by atoms with van der Waals surface area (Å²) >= 11 is 3.02. The number of halogens is 1. The van der Waals surface area contributed by atoms with Gasteiger partial charge in [0.2, 0.25) is 0 Å². The van der Waals surface area contributed by atoms with E-state index in [1.165, 1.54) is 0 Å². The van der Waals surface area contributed by atoms with E-state index in [1.54, 1.807) is 6.92 Å². The lowest BCUT2D eigenvalue weighted by molar-refractivity contribution is 0.753. The Balaban J connectivity index is 3.49. The molecule has 6 heteroatoms. The van der Waals surface area contributed by atoms with Crippen LogP contribution in [0.1, 0.15) is 18.7 Å². The monoisotopic (exact) mass is 233 g/mol. The molecular formula is C6H8BrN3O2. The molecule has 0 aliphatic carbocycles. The third-order valence-electron chi connectivity index (χ3n) is 1.37. The SMILES string of the molecule is C[C@H](N)c1[nH]c(=O)[nH]c(=O)c1Br. The summed E-state index contributed by atoms with van der Waals surface area (Å²) in [5.74, 6) is 0. The molecule has 0 unspecified atom stereocenters. The van der Waals surface area contributed by atoms with Crippen LogP contribution in [0.15, 0.2) is 14.1 Å². The van der Waals surface area contributed by atoms with Gasteiger partial charge in [0, 0.05) is 6.04 Å². The van der Waals surface area contributed by atoms with Gasteiger partial charge in [-0.3, -0.25) is 9.78 Å². The van der Waals surface area contributed by atoms with Crippen molar-refractivity contribution in [3.05, 3.63) is 31.0 Å². The van der Waals surface area contributed by atoms with Crippen molar-refractivity contribution in [2.75, 3.05) is 0 Å². The lowest BCUT2D eigenvalue weighted by Crippen LogP contribution is -2.27. The highest BCUT2D eigenvalue weighted by Crippen LogP contribution is 2.12. The lowest BCUT2D eigenvalue weighted by Gasteiger charge is -2.05. The van der Waals surface area contributed by atoms with E-state index < -0.39 is 11.2 Å². The second kappa shape index (κ2) is 3.24. The molecule has 0 radical (unpaired) electrons. The Labute approximate surface area is 76.1 Å². The van der Waals surface area contributed by atoms with Crippen molar-refractivity contribution in [3.8, 4) is 0 Å². The second-order valence-corrected chi connectivity index (χ2v) is 3.22. The van der Waals surface area contributed by atoms with E-state index in [0.717, 1.165) is 0 Å². The van der Waals surface area contributed by atoms with Gasteiger partial charge in [-0.1, -0.05) is 0 Å². The molecular weight excluding hydrogens is 226 g/mol. The number of aromatic nitrogens is 2. The van der Waals surface area contributed by atoms with Crippen LogP contribution in [0.3, 0.4) is 0 Å². The highest BCUT2D eigenvalue weighted by molar-refractivity contribution is 9.10. The Morgan fingerprint density at radius 2 is 2.00 bits per heavy atom. The van der Waals surface area contributed by atoms with Gasteiger partial charge in [-0.15, -0.1) is 0 Å². The molecule has 12 heavy (non-hydrogen) atoms. The molecule has 1 heterocycles. The summed E-state index contributed by atoms with van der Waals surface area (Å²) < 4.78 is 0.275. The van der Waals surface area contributed by atoms with Gasteiger partial charge >= 0.3 is 5.69 Å². The number of nitrogens with one attached hydrogen (secondary N) is 2. The van der Waals surface area contributed by atoms with Crippen LogP contribution in [0.25, 0.3) is 0 Å². The highest BCUT2D eigenvalue weighted by atomic mass is 79.9. The molecule has 0 amide bonds. The summed E-state index contributed by atoms with van der Waals surface area (Å²) in [4.78, 5) is 26.3. The van der Waals surface area contributed by atoms with Crippen LogP contribution >= 0.6 is 15.9 Å². The van der Waals surface area contributed by atoms with Gasteiger partial charge in [-0.25, -0.2) is 4.79 Å². The van der Waals surface area contributed by atoms with E-state index >= 15 is 0 Å². The number of H-pyrrole nitrogens is 2. The Bertz CT molecular complexity index is 393. The molecule has 0 aromatic carbocycles. The van der Waals surface area contributed by atoms with Gasteiger partial charge in [0.1, 0.15) is 4.47 Å². The maximum Gasteiger partial charge on any atom is 0.326 e. The van der Waals surface area contributed by atoms with E-state index in [-0.39, 0.29) is 10.5 Å². The van der Waals surface area contributed by atoms with Gasteiger partial charge < -0.3 is 10.7 Å². The van der Waals surface area contributed by atoms with Crippen molar-refractivity contribution in [1.82, 2.24) is 9.97 Å². The Morgan fingerprint density at radius 3 is 2.50 bits per heavy atom. The third kappa shape index (κ3) is 1.64. The average molecular weight is 234 g/mol. The first kappa shape index (κ1) is 9.21. The molecule has 4 N–H and O–H groups in total. The molecule has 0 bridgehead atoms. The van der Waals surface area contributed by atoms with E-state index in [9.17, 15) is 9.59 Å². The molecule has 0 fully saturated rings. The zero-order valence-electron chi connectivity index (χ0n) is 6.35. The first-order valence-corrected chi connectivity index (χ1v) is 4.09. The minimum atomic E-state index is -0.546. The highest BCUT2D eigenvalue weighted by Gasteiger charge is 2.08. The topological polar surface area (TPSA) is 91.7 Å². The molecule has 1 rings (SSSR count). The molecule has 0 aliphatic heterocycles. The quantitative estimate of drug-likeness (QED) is 0.630. The Hall–Kier alpha value is -0.880. The predicted molar refractivity (Wildman–Crippen MR) is 48.0 cm³/mol. The van der Waals surface area contributed by atoms with Gasteiger partial charge in [0.15, 0.2) is 0 Å². The number of aromatic amines is 2. The average Bonchev–Trinajstić information content (AvgIpc) is 1.96. The zero-order valence-corrected chi connectivity index (χ0v) is 7.94. The van der Waals surface area contributed by atoms with Crippen molar-refractivity contribution in [2.45, 2.75) is 13.0 Å². The van der Waals surface area contributed by atoms with Crippen molar-refractivity contribution >= 4 is 15.9 Å². The fourth-order valence-corrected chi connectivity index (χ4v) is 1.36. The molecule has 1 aromatic heterocycles. The Kier molecular flexibility index (Phi) is 2.49. The normalized spacial score (nSPS) is 12.9. The van der Waals surface area contributed by atoms with Crippen molar-refractivity contribution in [3.63, 3.8) is 0 Å². The molecule has 0 saturated heterocycles. The molecule has 1 aromatic rings. The molecule has 0 aliphatic rings. The molecule has 5 nitrogen and oxygen atoms in total. The van der Waals surface area contributed by atoms with Gasteiger partial charge in [0.05, 0.1) is 5.69 Å². The van der Waals surface area contributed by atoms with Crippen LogP contribution in [0.4, 0.5) is 0 Å². The third-order valence-corrected chi connectivity index (χ3v) is 2.15. The lowest BCUT2D eigenvalue weighted by atomic mass is 10.2. The second-order valence-electron chi connectivity index (χ2n) is 2.42. The van der Waals surface area contributed by atoms with E-state index in [2.05, 4.69) is 25.9 Å². The maximum atomic E-state index is 11.0.